The Bertz CT molecular complexity index is 1150. The molecule has 1 unspecified atom stereocenters. The van der Waals surface area contributed by atoms with E-state index < -0.39 is 11.9 Å². The van der Waals surface area contributed by atoms with Gasteiger partial charge in [-0.3, -0.25) is 24.6 Å². The molecule has 0 bridgehead atoms. The summed E-state index contributed by atoms with van der Waals surface area (Å²) in [6.45, 7) is 7.28. The SMILES string of the molecule is Cc1cccc(C)c1CN1CCC(c2cc3c(cc2F)C(=O)N(C2CCC(=O)NC2=O)C3)CC1. The van der Waals surface area contributed by atoms with Crippen LogP contribution in [0.4, 0.5) is 4.39 Å². The maximum atomic E-state index is 15.1. The molecule has 5 rings (SSSR count). The number of imide groups is 1. The van der Waals surface area contributed by atoms with Gasteiger partial charge in [0.05, 0.1) is 0 Å². The zero-order valence-corrected chi connectivity index (χ0v) is 19.7. The number of hydrogen-bond donors (Lipinski definition) is 1. The van der Waals surface area contributed by atoms with E-state index in [1.807, 2.05) is 6.07 Å². The molecule has 3 heterocycles. The number of fused-ring (bicyclic) bond motifs is 1. The van der Waals surface area contributed by atoms with Crippen LogP contribution in [0.1, 0.15) is 69.8 Å². The minimum Gasteiger partial charge on any atom is -0.322 e. The molecule has 34 heavy (non-hydrogen) atoms. The standard InChI is InChI=1S/C27H30FN3O3/c1-16-4-3-5-17(2)22(16)15-30-10-8-18(9-11-30)20-12-19-14-31(27(34)21(19)13-23(20)28)24-6-7-25(32)29-26(24)33/h3-5,12-13,18,24H,6-11,14-15H2,1-2H3,(H,29,32,33). The predicted octanol–water partition coefficient (Wildman–Crippen LogP) is 3.58. The molecule has 7 heteroatoms. The monoisotopic (exact) mass is 463 g/mol. The van der Waals surface area contributed by atoms with Crippen LogP contribution in [0.5, 0.6) is 0 Å². The van der Waals surface area contributed by atoms with Crippen molar-refractivity contribution in [2.24, 2.45) is 0 Å². The first-order valence-corrected chi connectivity index (χ1v) is 12.1. The third kappa shape index (κ3) is 4.13. The van der Waals surface area contributed by atoms with Crippen LogP contribution in [0.3, 0.4) is 0 Å². The Kier molecular flexibility index (Phi) is 5.98. The zero-order chi connectivity index (χ0) is 24.0. The van der Waals surface area contributed by atoms with Crippen molar-refractivity contribution >= 4 is 17.7 Å². The summed E-state index contributed by atoms with van der Waals surface area (Å²) in [7, 11) is 0. The average molecular weight is 464 g/mol. The number of carbonyl (C=O) groups is 3. The average Bonchev–Trinajstić information content (AvgIpc) is 3.11. The van der Waals surface area contributed by atoms with Gasteiger partial charge >= 0.3 is 0 Å². The minimum atomic E-state index is -0.683. The van der Waals surface area contributed by atoms with Gasteiger partial charge in [0.2, 0.25) is 11.8 Å². The first kappa shape index (κ1) is 22.7. The second kappa shape index (κ2) is 8.95. The lowest BCUT2D eigenvalue weighted by Crippen LogP contribution is -2.52. The Morgan fingerprint density at radius 2 is 1.74 bits per heavy atom. The van der Waals surface area contributed by atoms with Crippen LogP contribution >= 0.6 is 0 Å². The second-order valence-corrected chi connectivity index (χ2v) is 9.85. The molecule has 3 amide bonds. The van der Waals surface area contributed by atoms with Gasteiger partial charge in [-0.15, -0.1) is 0 Å². The fourth-order valence-corrected chi connectivity index (χ4v) is 5.65. The lowest BCUT2D eigenvalue weighted by atomic mass is 9.87. The number of carbonyl (C=O) groups excluding carboxylic acids is 3. The van der Waals surface area contributed by atoms with E-state index >= 15 is 4.39 Å². The molecule has 0 aromatic heterocycles. The number of hydrogen-bond acceptors (Lipinski definition) is 4. The van der Waals surface area contributed by atoms with Gasteiger partial charge in [0.15, 0.2) is 0 Å². The van der Waals surface area contributed by atoms with Crippen molar-refractivity contribution in [1.29, 1.82) is 0 Å². The van der Waals surface area contributed by atoms with E-state index in [1.165, 1.54) is 27.7 Å². The number of nitrogens with zero attached hydrogens (tertiary/aromatic N) is 2. The number of rotatable bonds is 4. The van der Waals surface area contributed by atoms with Crippen LogP contribution < -0.4 is 5.32 Å². The Labute approximate surface area is 199 Å². The van der Waals surface area contributed by atoms with Gasteiger partial charge < -0.3 is 4.90 Å². The van der Waals surface area contributed by atoms with Gasteiger partial charge in [-0.2, -0.15) is 0 Å². The van der Waals surface area contributed by atoms with Crippen molar-refractivity contribution in [1.82, 2.24) is 15.1 Å². The quantitative estimate of drug-likeness (QED) is 0.704. The van der Waals surface area contributed by atoms with Gasteiger partial charge in [0.1, 0.15) is 11.9 Å². The normalized spacial score (nSPS) is 21.7. The molecule has 0 radical (unpaired) electrons. The largest absolute Gasteiger partial charge is 0.322 e. The molecule has 1 atom stereocenters. The van der Waals surface area contributed by atoms with E-state index in [4.69, 9.17) is 0 Å². The molecular weight excluding hydrogens is 433 g/mol. The Hall–Kier alpha value is -3.06. The number of nitrogens with one attached hydrogen (secondary N) is 1. The number of aryl methyl sites for hydroxylation is 2. The molecule has 3 aliphatic rings. The molecule has 2 aromatic carbocycles. The van der Waals surface area contributed by atoms with Gasteiger partial charge in [0.25, 0.3) is 5.91 Å². The minimum absolute atomic E-state index is 0.110. The van der Waals surface area contributed by atoms with E-state index in [0.717, 1.165) is 38.0 Å². The highest BCUT2D eigenvalue weighted by Crippen LogP contribution is 2.36. The third-order valence-corrected chi connectivity index (χ3v) is 7.69. The summed E-state index contributed by atoms with van der Waals surface area (Å²) in [5, 5.41) is 2.31. The molecule has 6 nitrogen and oxygen atoms in total. The Morgan fingerprint density at radius 3 is 2.41 bits per heavy atom. The van der Waals surface area contributed by atoms with E-state index in [0.29, 0.717) is 17.5 Å². The topological polar surface area (TPSA) is 69.7 Å². The fourth-order valence-electron chi connectivity index (χ4n) is 5.65. The highest BCUT2D eigenvalue weighted by atomic mass is 19.1. The summed E-state index contributed by atoms with van der Waals surface area (Å²) in [5.41, 5.74) is 5.75. The summed E-state index contributed by atoms with van der Waals surface area (Å²) in [6, 6.07) is 8.88. The van der Waals surface area contributed by atoms with Crippen molar-refractivity contribution in [2.45, 2.75) is 64.6 Å². The summed E-state index contributed by atoms with van der Waals surface area (Å²) in [6.07, 6.45) is 2.24. The van der Waals surface area contributed by atoms with Crippen molar-refractivity contribution in [3.63, 3.8) is 0 Å². The van der Waals surface area contributed by atoms with Crippen molar-refractivity contribution < 1.29 is 18.8 Å². The molecule has 2 fully saturated rings. The van der Waals surface area contributed by atoms with Crippen LogP contribution in [-0.4, -0.2) is 46.7 Å². The summed E-state index contributed by atoms with van der Waals surface area (Å²) in [5.74, 6) is -1.33. The first-order chi connectivity index (χ1) is 16.3. The van der Waals surface area contributed by atoms with E-state index in [9.17, 15) is 14.4 Å². The van der Waals surface area contributed by atoms with Crippen LogP contribution in [0.2, 0.25) is 0 Å². The van der Waals surface area contributed by atoms with E-state index in [-0.39, 0.29) is 36.5 Å². The fraction of sp³-hybridized carbons (Fsp3) is 0.444. The van der Waals surface area contributed by atoms with Crippen molar-refractivity contribution in [2.75, 3.05) is 13.1 Å². The highest BCUT2D eigenvalue weighted by molar-refractivity contribution is 6.05. The molecular formula is C27H30FN3O3. The van der Waals surface area contributed by atoms with Crippen molar-refractivity contribution in [3.8, 4) is 0 Å². The summed E-state index contributed by atoms with van der Waals surface area (Å²) in [4.78, 5) is 40.6. The number of likely N-dealkylation sites (tertiary alicyclic amines) is 1. The van der Waals surface area contributed by atoms with E-state index in [1.54, 1.807) is 0 Å². The third-order valence-electron chi connectivity index (χ3n) is 7.69. The smallest absolute Gasteiger partial charge is 0.255 e. The van der Waals surface area contributed by atoms with Crippen LogP contribution in [0.25, 0.3) is 0 Å². The lowest BCUT2D eigenvalue weighted by molar-refractivity contribution is -0.136. The number of amides is 3. The number of piperidine rings is 2. The van der Waals surface area contributed by atoms with Crippen LogP contribution in [0, 0.1) is 19.7 Å². The van der Waals surface area contributed by atoms with Crippen LogP contribution in [-0.2, 0) is 22.7 Å². The molecule has 0 saturated carbocycles. The first-order valence-electron chi connectivity index (χ1n) is 12.1. The molecule has 0 spiro atoms. The maximum absolute atomic E-state index is 15.1. The van der Waals surface area contributed by atoms with Crippen LogP contribution in [0.15, 0.2) is 30.3 Å². The van der Waals surface area contributed by atoms with Gasteiger partial charge in [0, 0.05) is 25.1 Å². The molecule has 2 saturated heterocycles. The number of benzene rings is 2. The Balaban J connectivity index is 1.28. The van der Waals surface area contributed by atoms with Gasteiger partial charge in [-0.05, 0) is 86.0 Å². The summed E-state index contributed by atoms with van der Waals surface area (Å²) >= 11 is 0. The molecule has 3 aliphatic heterocycles. The highest BCUT2D eigenvalue weighted by Gasteiger charge is 2.40. The number of halogens is 1. The maximum Gasteiger partial charge on any atom is 0.255 e. The predicted molar refractivity (Wildman–Crippen MR) is 126 cm³/mol. The lowest BCUT2D eigenvalue weighted by Gasteiger charge is -2.33. The van der Waals surface area contributed by atoms with Crippen molar-refractivity contribution in [3.05, 3.63) is 69.5 Å². The summed E-state index contributed by atoms with van der Waals surface area (Å²) < 4.78 is 15.1. The second-order valence-electron chi connectivity index (χ2n) is 9.85. The Morgan fingerprint density at radius 1 is 1.03 bits per heavy atom. The van der Waals surface area contributed by atoms with Gasteiger partial charge in [-0.25, -0.2) is 4.39 Å². The van der Waals surface area contributed by atoms with Gasteiger partial charge in [-0.1, -0.05) is 24.3 Å². The zero-order valence-electron chi connectivity index (χ0n) is 19.7. The molecule has 178 valence electrons. The van der Waals surface area contributed by atoms with E-state index in [2.05, 4.69) is 42.3 Å². The molecule has 1 N–H and O–H groups in total. The molecule has 0 aliphatic carbocycles. The molecule has 2 aromatic rings.